The second kappa shape index (κ2) is 9.53. The van der Waals surface area contributed by atoms with Gasteiger partial charge in [-0.05, 0) is 44.9 Å². The van der Waals surface area contributed by atoms with E-state index < -0.39 is 16.1 Å². The average molecular weight is 440 g/mol. The Morgan fingerprint density at radius 2 is 1.83 bits per heavy atom. The summed E-state index contributed by atoms with van der Waals surface area (Å²) in [6, 6.07) is 4.42. The van der Waals surface area contributed by atoms with Crippen molar-refractivity contribution in [2.24, 2.45) is 5.92 Å². The molecule has 2 atom stereocenters. The van der Waals surface area contributed by atoms with Gasteiger partial charge in [-0.1, -0.05) is 13.8 Å². The topological polar surface area (TPSA) is 97.0 Å². The number of rotatable bonds is 9. The molecular weight excluding hydrogens is 406 g/mol. The van der Waals surface area contributed by atoms with E-state index in [9.17, 15) is 13.2 Å². The van der Waals surface area contributed by atoms with Crippen molar-refractivity contribution < 1.29 is 22.7 Å². The molecule has 1 aliphatic carbocycles. The Hall–Kier alpha value is -1.84. The normalized spacial score (nSPS) is 18.7. The lowest BCUT2D eigenvalue weighted by Crippen LogP contribution is -2.52. The molecule has 2 N–H and O–H groups in total. The van der Waals surface area contributed by atoms with Crippen LogP contribution in [0.25, 0.3) is 0 Å². The number of hydrogen-bond donors (Lipinski definition) is 2. The Morgan fingerprint density at radius 1 is 1.17 bits per heavy atom. The van der Waals surface area contributed by atoms with Crippen molar-refractivity contribution in [3.63, 3.8) is 0 Å². The van der Waals surface area contributed by atoms with Crippen molar-refractivity contribution in [2.75, 3.05) is 26.8 Å². The van der Waals surface area contributed by atoms with E-state index in [1.54, 1.807) is 6.07 Å². The molecule has 1 aromatic rings. The molecule has 2 aliphatic rings. The van der Waals surface area contributed by atoms with Crippen LogP contribution in [0.4, 0.5) is 0 Å². The van der Waals surface area contributed by atoms with Crippen molar-refractivity contribution >= 4 is 15.9 Å². The maximum Gasteiger partial charge on any atom is 0.241 e. The van der Waals surface area contributed by atoms with E-state index in [4.69, 9.17) is 9.47 Å². The lowest BCUT2D eigenvalue weighted by Gasteiger charge is -2.27. The Kier molecular flexibility index (Phi) is 7.26. The van der Waals surface area contributed by atoms with Crippen molar-refractivity contribution in [3.8, 4) is 11.5 Å². The lowest BCUT2D eigenvalue weighted by molar-refractivity contribution is -0.123. The molecule has 1 heterocycles. The van der Waals surface area contributed by atoms with Crippen LogP contribution >= 0.6 is 0 Å². The van der Waals surface area contributed by atoms with Crippen molar-refractivity contribution in [1.29, 1.82) is 0 Å². The number of nitrogens with zero attached hydrogens (tertiary/aromatic N) is 1. The molecule has 0 aromatic heterocycles. The number of carbonyl (C=O) groups excluding carboxylic acids is 1. The largest absolute Gasteiger partial charge is 0.490 e. The molecule has 0 spiro atoms. The van der Waals surface area contributed by atoms with Crippen LogP contribution < -0.4 is 19.5 Å². The third-order valence-corrected chi connectivity index (χ3v) is 7.09. The molecule has 2 unspecified atom stereocenters. The maximum atomic E-state index is 13.0. The van der Waals surface area contributed by atoms with Crippen LogP contribution in [0.5, 0.6) is 11.5 Å². The number of sulfonamides is 1. The lowest BCUT2D eigenvalue weighted by atomic mass is 10.0. The highest BCUT2D eigenvalue weighted by Gasteiger charge is 2.31. The van der Waals surface area contributed by atoms with Gasteiger partial charge in [0.1, 0.15) is 6.04 Å². The zero-order chi connectivity index (χ0) is 21.9. The Labute approximate surface area is 179 Å². The third kappa shape index (κ3) is 5.65. The molecule has 1 fully saturated rings. The summed E-state index contributed by atoms with van der Waals surface area (Å²) in [5, 5.41) is 2.91. The molecule has 0 radical (unpaired) electrons. The van der Waals surface area contributed by atoms with Gasteiger partial charge in [0.2, 0.25) is 15.9 Å². The van der Waals surface area contributed by atoms with Crippen LogP contribution in [0.3, 0.4) is 0 Å². The highest BCUT2D eigenvalue weighted by Crippen LogP contribution is 2.32. The van der Waals surface area contributed by atoms with Gasteiger partial charge in [-0.2, -0.15) is 4.72 Å². The number of amides is 1. The van der Waals surface area contributed by atoms with E-state index >= 15 is 0 Å². The number of ether oxygens (including phenoxy) is 2. The van der Waals surface area contributed by atoms with Crippen molar-refractivity contribution in [3.05, 3.63) is 18.2 Å². The number of benzene rings is 1. The first-order chi connectivity index (χ1) is 14.2. The summed E-state index contributed by atoms with van der Waals surface area (Å²) in [7, 11) is -1.85. The standard InChI is InChI=1S/C21H33N3O5S/c1-14(2)20(21(25)22-13-15(3)24(4)16-6-7-16)23-30(26,27)17-8-9-18-19(12-17)29-11-5-10-28-18/h8-9,12,14-16,20,23H,5-7,10-11,13H2,1-4H3,(H,22,25). The first-order valence-electron chi connectivity index (χ1n) is 10.6. The van der Waals surface area contributed by atoms with E-state index in [1.165, 1.54) is 25.0 Å². The summed E-state index contributed by atoms with van der Waals surface area (Å²) in [6.07, 6.45) is 3.12. The second-order valence-corrected chi connectivity index (χ2v) is 10.2. The summed E-state index contributed by atoms with van der Waals surface area (Å²) in [5.41, 5.74) is 0. The molecule has 8 nitrogen and oxygen atoms in total. The first kappa shape index (κ1) is 22.8. The number of nitrogens with one attached hydrogen (secondary N) is 2. The summed E-state index contributed by atoms with van der Waals surface area (Å²) in [6.45, 7) is 7.17. The van der Waals surface area contributed by atoms with Gasteiger partial charge in [0.05, 0.1) is 18.1 Å². The summed E-state index contributed by atoms with van der Waals surface area (Å²) in [5.74, 6) is 0.395. The Bertz CT molecular complexity index is 854. The predicted octanol–water partition coefficient (Wildman–Crippen LogP) is 1.75. The van der Waals surface area contributed by atoms with Gasteiger partial charge in [-0.3, -0.25) is 9.69 Å². The number of fused-ring (bicyclic) bond motifs is 1. The van der Waals surface area contributed by atoms with Crippen LogP contribution in [-0.4, -0.2) is 64.2 Å². The van der Waals surface area contributed by atoms with Crippen molar-refractivity contribution in [1.82, 2.24) is 14.9 Å². The molecule has 30 heavy (non-hydrogen) atoms. The average Bonchev–Trinajstić information content (AvgIpc) is 3.55. The van der Waals surface area contributed by atoms with Gasteiger partial charge in [0.15, 0.2) is 11.5 Å². The molecule has 0 bridgehead atoms. The van der Waals surface area contributed by atoms with E-state index in [0.29, 0.717) is 37.3 Å². The summed E-state index contributed by atoms with van der Waals surface area (Å²) < 4.78 is 39.7. The summed E-state index contributed by atoms with van der Waals surface area (Å²) in [4.78, 5) is 15.1. The van der Waals surface area contributed by atoms with Gasteiger partial charge in [0, 0.05) is 31.1 Å². The van der Waals surface area contributed by atoms with E-state index in [2.05, 4.69) is 28.9 Å². The van der Waals surface area contributed by atoms with E-state index in [0.717, 1.165) is 6.42 Å². The quantitative estimate of drug-likeness (QED) is 0.609. The molecule has 1 amide bonds. The minimum Gasteiger partial charge on any atom is -0.490 e. The van der Waals surface area contributed by atoms with Gasteiger partial charge in [-0.25, -0.2) is 8.42 Å². The van der Waals surface area contributed by atoms with Gasteiger partial charge in [-0.15, -0.1) is 0 Å². The molecule has 1 aliphatic heterocycles. The highest BCUT2D eigenvalue weighted by atomic mass is 32.2. The smallest absolute Gasteiger partial charge is 0.241 e. The summed E-state index contributed by atoms with van der Waals surface area (Å²) >= 11 is 0. The Balaban J connectivity index is 1.67. The minimum absolute atomic E-state index is 0.0482. The van der Waals surface area contributed by atoms with Gasteiger partial charge < -0.3 is 14.8 Å². The predicted molar refractivity (Wildman–Crippen MR) is 114 cm³/mol. The molecule has 3 rings (SSSR count). The Morgan fingerprint density at radius 3 is 2.47 bits per heavy atom. The number of hydrogen-bond acceptors (Lipinski definition) is 6. The fourth-order valence-electron chi connectivity index (χ4n) is 3.38. The van der Waals surface area contributed by atoms with E-state index in [1.807, 2.05) is 13.8 Å². The molecule has 1 saturated carbocycles. The minimum atomic E-state index is -3.91. The fourth-order valence-corrected chi connectivity index (χ4v) is 4.74. The van der Waals surface area contributed by atoms with Crippen LogP contribution in [0, 0.1) is 5.92 Å². The molecular formula is C21H33N3O5S. The maximum absolute atomic E-state index is 13.0. The van der Waals surface area contributed by atoms with E-state index in [-0.39, 0.29) is 22.8 Å². The van der Waals surface area contributed by atoms with Crippen LogP contribution in [0.15, 0.2) is 23.1 Å². The highest BCUT2D eigenvalue weighted by molar-refractivity contribution is 7.89. The zero-order valence-electron chi connectivity index (χ0n) is 18.2. The van der Waals surface area contributed by atoms with Gasteiger partial charge in [0.25, 0.3) is 0 Å². The second-order valence-electron chi connectivity index (χ2n) is 8.49. The molecule has 0 saturated heterocycles. The molecule has 9 heteroatoms. The molecule has 168 valence electrons. The first-order valence-corrected chi connectivity index (χ1v) is 12.1. The fraction of sp³-hybridized carbons (Fsp3) is 0.667. The number of carbonyl (C=O) groups is 1. The SMILES string of the molecule is CC(C)C(NS(=O)(=O)c1ccc2c(c1)OCCCO2)C(=O)NCC(C)N(C)C1CC1. The van der Waals surface area contributed by atoms with Crippen molar-refractivity contribution in [2.45, 2.75) is 63.1 Å². The van der Waals surface area contributed by atoms with Crippen LogP contribution in [0.1, 0.15) is 40.0 Å². The number of likely N-dealkylation sites (N-methyl/N-ethyl adjacent to an activating group) is 1. The van der Waals surface area contributed by atoms with Crippen LogP contribution in [-0.2, 0) is 14.8 Å². The molecule has 1 aromatic carbocycles. The van der Waals surface area contributed by atoms with Gasteiger partial charge >= 0.3 is 0 Å². The monoisotopic (exact) mass is 439 g/mol. The zero-order valence-corrected chi connectivity index (χ0v) is 19.0. The van der Waals surface area contributed by atoms with Crippen LogP contribution in [0.2, 0.25) is 0 Å². The third-order valence-electron chi connectivity index (χ3n) is 5.65.